The number of carbonyl (C=O) groups excluding carboxylic acids is 3. The van der Waals surface area contributed by atoms with Crippen LogP contribution in [0.3, 0.4) is 0 Å². The van der Waals surface area contributed by atoms with Gasteiger partial charge in [0, 0.05) is 35.9 Å². The summed E-state index contributed by atoms with van der Waals surface area (Å²) in [7, 11) is 1.32. The summed E-state index contributed by atoms with van der Waals surface area (Å²) in [5.41, 5.74) is 1.26. The number of benzene rings is 1. The van der Waals surface area contributed by atoms with Gasteiger partial charge in [0.1, 0.15) is 11.6 Å². The average molecular weight is 544 g/mol. The molecule has 10 heteroatoms. The molecule has 2 heterocycles. The van der Waals surface area contributed by atoms with Gasteiger partial charge in [-0.1, -0.05) is 24.6 Å². The minimum atomic E-state index is -1.01. The second-order valence-electron chi connectivity index (χ2n) is 11.3. The molecular weight excluding hydrogens is 502 g/mol. The second-order valence-corrected chi connectivity index (χ2v) is 11.3. The zero-order valence-corrected chi connectivity index (χ0v) is 23.3. The molecule has 0 unspecified atom stereocenters. The zero-order valence-electron chi connectivity index (χ0n) is 23.3. The minimum absolute atomic E-state index is 0.109. The van der Waals surface area contributed by atoms with Crippen LogP contribution < -0.4 is 10.6 Å². The van der Waals surface area contributed by atoms with Crippen LogP contribution in [0.15, 0.2) is 30.5 Å². The lowest BCUT2D eigenvalue weighted by Gasteiger charge is -2.50. The maximum absolute atomic E-state index is 13.1. The molecule has 1 aromatic heterocycles. The van der Waals surface area contributed by atoms with Crippen LogP contribution in [-0.2, 0) is 35.0 Å². The number of para-hydroxylation sites is 1. The largest absolute Gasteiger partial charge is 0.467 e. The van der Waals surface area contributed by atoms with Gasteiger partial charge in [0.05, 0.1) is 26.4 Å². The van der Waals surface area contributed by atoms with Gasteiger partial charge in [0.2, 0.25) is 5.91 Å². The van der Waals surface area contributed by atoms with E-state index in [-0.39, 0.29) is 24.3 Å². The molecule has 3 N–H and O–H groups in total. The van der Waals surface area contributed by atoms with Gasteiger partial charge >= 0.3 is 12.1 Å². The summed E-state index contributed by atoms with van der Waals surface area (Å²) < 4.78 is 23.0. The maximum atomic E-state index is 13.1. The van der Waals surface area contributed by atoms with Crippen molar-refractivity contribution in [3.8, 4) is 0 Å². The molecule has 1 aliphatic heterocycles. The highest BCUT2D eigenvalue weighted by Crippen LogP contribution is 2.42. The number of amides is 2. The van der Waals surface area contributed by atoms with E-state index in [9.17, 15) is 14.4 Å². The van der Waals surface area contributed by atoms with Crippen LogP contribution in [-0.4, -0.2) is 66.7 Å². The number of ether oxygens (including phenoxy) is 4. The molecule has 1 saturated heterocycles. The van der Waals surface area contributed by atoms with Crippen LogP contribution in [0.2, 0.25) is 0 Å². The Morgan fingerprint density at radius 3 is 2.59 bits per heavy atom. The SMILES string of the molecule is COC(=O)[C@H](Cc1c[nH]c2ccccc12)NC(=O)CC[C@H]1CCC[C@@H](NC(=O)OC(C)(C)C)C12OCCCO2. The average Bonchev–Trinajstić information content (AvgIpc) is 3.30. The summed E-state index contributed by atoms with van der Waals surface area (Å²) in [5, 5.41) is 6.84. The van der Waals surface area contributed by atoms with Crippen molar-refractivity contribution in [2.24, 2.45) is 5.92 Å². The van der Waals surface area contributed by atoms with Crippen molar-refractivity contribution < 1.29 is 33.3 Å². The molecule has 1 spiro atoms. The van der Waals surface area contributed by atoms with Crippen molar-refractivity contribution in [2.75, 3.05) is 20.3 Å². The first-order chi connectivity index (χ1) is 18.6. The zero-order chi connectivity index (χ0) is 28.0. The summed E-state index contributed by atoms with van der Waals surface area (Å²) in [4.78, 5) is 41.5. The Labute approximate surface area is 229 Å². The normalized spacial score (nSPS) is 21.7. The summed E-state index contributed by atoms with van der Waals surface area (Å²) in [6.07, 6.45) is 5.43. The smallest absolute Gasteiger partial charge is 0.408 e. The van der Waals surface area contributed by atoms with Crippen LogP contribution in [0, 0.1) is 5.92 Å². The lowest BCUT2D eigenvalue weighted by Crippen LogP contribution is -2.63. The fourth-order valence-electron chi connectivity index (χ4n) is 5.65. The van der Waals surface area contributed by atoms with Gasteiger partial charge in [0.15, 0.2) is 5.79 Å². The van der Waals surface area contributed by atoms with E-state index in [4.69, 9.17) is 18.9 Å². The summed E-state index contributed by atoms with van der Waals surface area (Å²) in [5.74, 6) is -1.87. The molecule has 4 rings (SSSR count). The van der Waals surface area contributed by atoms with E-state index in [0.29, 0.717) is 32.5 Å². The number of methoxy groups -OCH3 is 1. The van der Waals surface area contributed by atoms with Crippen molar-refractivity contribution in [3.63, 3.8) is 0 Å². The standard InChI is InChI=1S/C29H41N3O7/c1-28(2,3)39-27(35)32-24-12-7-9-20(29(24)37-15-8-16-38-29)13-14-25(33)31-23(26(34)36-4)17-19-18-30-22-11-6-5-10-21(19)22/h5-6,10-11,18,20,23-24,30H,7-9,12-17H2,1-4H3,(H,31,33)(H,32,35)/t20-,23+,24-/m1/s1. The van der Waals surface area contributed by atoms with Gasteiger partial charge < -0.3 is 34.6 Å². The van der Waals surface area contributed by atoms with E-state index in [0.717, 1.165) is 35.7 Å². The number of hydrogen-bond acceptors (Lipinski definition) is 7. The molecule has 2 aliphatic rings. The topological polar surface area (TPSA) is 128 Å². The van der Waals surface area contributed by atoms with Gasteiger partial charge in [-0.3, -0.25) is 4.79 Å². The predicted octanol–water partition coefficient (Wildman–Crippen LogP) is 3.98. The molecule has 10 nitrogen and oxygen atoms in total. The fraction of sp³-hybridized carbons (Fsp3) is 0.621. The second kappa shape index (κ2) is 12.4. The number of nitrogens with one attached hydrogen (secondary N) is 3. The molecule has 1 aliphatic carbocycles. The third kappa shape index (κ3) is 7.10. The van der Waals surface area contributed by atoms with Crippen molar-refractivity contribution in [1.82, 2.24) is 15.6 Å². The van der Waals surface area contributed by atoms with Crippen molar-refractivity contribution in [1.29, 1.82) is 0 Å². The number of H-pyrrole nitrogens is 1. The lowest BCUT2D eigenvalue weighted by atomic mass is 9.76. The summed E-state index contributed by atoms with van der Waals surface area (Å²) in [6.45, 7) is 6.49. The van der Waals surface area contributed by atoms with E-state index in [2.05, 4.69) is 15.6 Å². The first-order valence-corrected chi connectivity index (χ1v) is 13.8. The van der Waals surface area contributed by atoms with Crippen LogP contribution in [0.25, 0.3) is 10.9 Å². The number of hydrogen-bond donors (Lipinski definition) is 3. The Kier molecular flexibility index (Phi) is 9.17. The molecular formula is C29H41N3O7. The fourth-order valence-corrected chi connectivity index (χ4v) is 5.65. The van der Waals surface area contributed by atoms with Crippen LogP contribution in [0.1, 0.15) is 64.9 Å². The van der Waals surface area contributed by atoms with Gasteiger partial charge in [0.25, 0.3) is 0 Å². The third-order valence-corrected chi connectivity index (χ3v) is 7.37. The van der Waals surface area contributed by atoms with E-state index >= 15 is 0 Å². The van der Waals surface area contributed by atoms with Crippen molar-refractivity contribution >= 4 is 28.9 Å². The first kappa shape index (κ1) is 28.9. The Morgan fingerprint density at radius 1 is 1.13 bits per heavy atom. The van der Waals surface area contributed by atoms with E-state index in [1.165, 1.54) is 7.11 Å². The molecule has 2 amide bonds. The van der Waals surface area contributed by atoms with Gasteiger partial charge in [-0.05, 0) is 58.1 Å². The Morgan fingerprint density at radius 2 is 1.87 bits per heavy atom. The number of rotatable bonds is 8. The monoisotopic (exact) mass is 543 g/mol. The van der Waals surface area contributed by atoms with E-state index < -0.39 is 29.5 Å². The maximum Gasteiger partial charge on any atom is 0.408 e. The van der Waals surface area contributed by atoms with Crippen LogP contribution >= 0.6 is 0 Å². The number of alkyl carbamates (subject to hydrolysis) is 1. The highest BCUT2D eigenvalue weighted by molar-refractivity contribution is 5.87. The minimum Gasteiger partial charge on any atom is -0.467 e. The number of fused-ring (bicyclic) bond motifs is 1. The highest BCUT2D eigenvalue weighted by atomic mass is 16.7. The Balaban J connectivity index is 1.41. The molecule has 0 bridgehead atoms. The molecule has 0 radical (unpaired) electrons. The highest BCUT2D eigenvalue weighted by Gasteiger charge is 2.52. The molecule has 2 fully saturated rings. The number of aromatic nitrogens is 1. The lowest BCUT2D eigenvalue weighted by molar-refractivity contribution is -0.317. The molecule has 3 atom stereocenters. The number of esters is 1. The van der Waals surface area contributed by atoms with Gasteiger partial charge in [-0.15, -0.1) is 0 Å². The van der Waals surface area contributed by atoms with Gasteiger partial charge in [-0.2, -0.15) is 0 Å². The molecule has 1 saturated carbocycles. The van der Waals surface area contributed by atoms with Crippen LogP contribution in [0.4, 0.5) is 4.79 Å². The predicted molar refractivity (Wildman–Crippen MR) is 145 cm³/mol. The molecule has 2 aromatic rings. The Bertz CT molecular complexity index is 1150. The van der Waals surface area contributed by atoms with Gasteiger partial charge in [-0.25, -0.2) is 9.59 Å². The number of aromatic amines is 1. The quantitative estimate of drug-likeness (QED) is 0.430. The molecule has 214 valence electrons. The van der Waals surface area contributed by atoms with Crippen molar-refractivity contribution in [3.05, 3.63) is 36.0 Å². The van der Waals surface area contributed by atoms with Crippen LogP contribution in [0.5, 0.6) is 0 Å². The van der Waals surface area contributed by atoms with E-state index in [1.54, 1.807) is 0 Å². The number of carbonyl (C=O) groups is 3. The Hall–Kier alpha value is -3.11. The third-order valence-electron chi connectivity index (χ3n) is 7.37. The first-order valence-electron chi connectivity index (χ1n) is 13.8. The summed E-state index contributed by atoms with van der Waals surface area (Å²) in [6, 6.07) is 6.61. The summed E-state index contributed by atoms with van der Waals surface area (Å²) >= 11 is 0. The van der Waals surface area contributed by atoms with E-state index in [1.807, 2.05) is 51.2 Å². The molecule has 1 aromatic carbocycles. The molecule has 39 heavy (non-hydrogen) atoms. The van der Waals surface area contributed by atoms with Crippen molar-refractivity contribution in [2.45, 2.75) is 89.2 Å².